The molecule has 0 amide bonds. The lowest BCUT2D eigenvalue weighted by atomic mass is 10.2. The Morgan fingerprint density at radius 1 is 1.31 bits per heavy atom. The number of carbonyl (C=O) groups is 1. The molecule has 4 nitrogen and oxygen atoms in total. The Balaban J connectivity index is 2.26. The quantitative estimate of drug-likeness (QED) is 0.792. The fourth-order valence-electron chi connectivity index (χ4n) is 1.28. The van der Waals surface area contributed by atoms with E-state index in [-0.39, 0.29) is 10.8 Å². The van der Waals surface area contributed by atoms with Crippen LogP contribution in [0.4, 0.5) is 0 Å². The summed E-state index contributed by atoms with van der Waals surface area (Å²) in [4.78, 5) is 10.9. The second kappa shape index (κ2) is 4.63. The van der Waals surface area contributed by atoms with Crippen molar-refractivity contribution >= 4 is 28.4 Å². The van der Waals surface area contributed by atoms with Crippen molar-refractivity contribution in [2.75, 3.05) is 0 Å². The highest BCUT2D eigenvalue weighted by atomic mass is 35.5. The lowest BCUT2D eigenvalue weighted by Gasteiger charge is -2.01. The molecule has 0 unspecified atom stereocenters. The van der Waals surface area contributed by atoms with Crippen molar-refractivity contribution < 1.29 is 4.79 Å². The Morgan fingerprint density at radius 3 is 2.56 bits per heavy atom. The van der Waals surface area contributed by atoms with Gasteiger partial charge in [-0.1, -0.05) is 47.1 Å². The molecule has 2 rings (SSSR count). The molecule has 0 aliphatic carbocycles. The van der Waals surface area contributed by atoms with Crippen LogP contribution in [0.1, 0.15) is 16.1 Å². The highest BCUT2D eigenvalue weighted by molar-refractivity contribution is 6.68. The van der Waals surface area contributed by atoms with Crippen molar-refractivity contribution in [3.63, 3.8) is 0 Å². The minimum atomic E-state index is -0.704. The summed E-state index contributed by atoms with van der Waals surface area (Å²) in [6, 6.07) is 9.60. The minimum absolute atomic E-state index is 0.0146. The van der Waals surface area contributed by atoms with Gasteiger partial charge in [0.05, 0.1) is 6.54 Å². The van der Waals surface area contributed by atoms with Gasteiger partial charge in [0.1, 0.15) is 0 Å². The first-order valence-corrected chi connectivity index (χ1v) is 5.27. The monoisotopic (exact) mass is 255 g/mol. The molecule has 1 heterocycles. The topological polar surface area (TPSA) is 47.8 Å². The molecule has 0 bridgehead atoms. The number of rotatable bonds is 3. The number of hydrogen-bond donors (Lipinski definition) is 0. The average molecular weight is 256 g/mol. The van der Waals surface area contributed by atoms with E-state index in [1.54, 1.807) is 0 Å². The summed E-state index contributed by atoms with van der Waals surface area (Å²) in [5.74, 6) is 0. The Labute approximate surface area is 102 Å². The van der Waals surface area contributed by atoms with Crippen LogP contribution in [0.2, 0.25) is 5.15 Å². The van der Waals surface area contributed by atoms with E-state index in [4.69, 9.17) is 23.2 Å². The van der Waals surface area contributed by atoms with E-state index in [1.807, 2.05) is 30.3 Å². The Morgan fingerprint density at radius 2 is 2.00 bits per heavy atom. The smallest absolute Gasteiger partial charge is 0.274 e. The number of aromatic nitrogens is 3. The molecule has 6 heteroatoms. The number of nitrogens with zero attached hydrogens (tertiary/aromatic N) is 3. The van der Waals surface area contributed by atoms with Crippen LogP contribution in [-0.2, 0) is 6.54 Å². The van der Waals surface area contributed by atoms with Gasteiger partial charge in [-0.3, -0.25) is 4.79 Å². The normalized spacial score (nSPS) is 10.4. The predicted molar refractivity (Wildman–Crippen MR) is 60.8 cm³/mol. The van der Waals surface area contributed by atoms with Crippen molar-refractivity contribution in [1.29, 1.82) is 0 Å². The summed E-state index contributed by atoms with van der Waals surface area (Å²) >= 11 is 11.2. The van der Waals surface area contributed by atoms with E-state index < -0.39 is 5.24 Å². The van der Waals surface area contributed by atoms with Gasteiger partial charge >= 0.3 is 0 Å². The number of hydrogen-bond acceptors (Lipinski definition) is 3. The molecule has 0 spiro atoms. The Kier molecular flexibility index (Phi) is 3.22. The van der Waals surface area contributed by atoms with Gasteiger partial charge in [0.2, 0.25) is 0 Å². The molecule has 16 heavy (non-hydrogen) atoms. The lowest BCUT2D eigenvalue weighted by molar-refractivity contribution is 0.107. The molecule has 0 atom stereocenters. The van der Waals surface area contributed by atoms with Crippen LogP contribution in [-0.4, -0.2) is 20.2 Å². The van der Waals surface area contributed by atoms with Gasteiger partial charge in [-0.2, -0.15) is 0 Å². The maximum atomic E-state index is 10.9. The average Bonchev–Trinajstić information content (AvgIpc) is 2.62. The molecule has 0 fully saturated rings. The van der Waals surface area contributed by atoms with Gasteiger partial charge in [0, 0.05) is 0 Å². The lowest BCUT2D eigenvalue weighted by Crippen LogP contribution is -2.02. The highest BCUT2D eigenvalue weighted by Crippen LogP contribution is 2.16. The molecule has 1 aromatic heterocycles. The summed E-state index contributed by atoms with van der Waals surface area (Å²) in [5.41, 5.74) is 1.00. The molecule has 0 aliphatic rings. The fraction of sp³-hybridized carbons (Fsp3) is 0.100. The highest BCUT2D eigenvalue weighted by Gasteiger charge is 2.15. The molecule has 0 saturated carbocycles. The first kappa shape index (κ1) is 11.1. The number of benzene rings is 1. The summed E-state index contributed by atoms with van der Waals surface area (Å²) < 4.78 is 1.42. The van der Waals surface area contributed by atoms with Crippen molar-refractivity contribution in [1.82, 2.24) is 15.0 Å². The minimum Gasteiger partial charge on any atom is -0.274 e. The molecular formula is C10H7Cl2N3O. The van der Waals surface area contributed by atoms with Crippen LogP contribution in [0, 0.1) is 0 Å². The molecule has 0 radical (unpaired) electrons. The molecule has 2 aromatic rings. The summed E-state index contributed by atoms with van der Waals surface area (Å²) in [6.45, 7) is 0.455. The van der Waals surface area contributed by atoms with E-state index >= 15 is 0 Å². The van der Waals surface area contributed by atoms with Gasteiger partial charge in [0.15, 0.2) is 10.8 Å². The molecule has 0 N–H and O–H groups in total. The molecular weight excluding hydrogens is 249 g/mol. The second-order valence-corrected chi connectivity index (χ2v) is 3.85. The van der Waals surface area contributed by atoms with Crippen LogP contribution >= 0.6 is 23.2 Å². The maximum Gasteiger partial charge on any atom is 0.275 e. The summed E-state index contributed by atoms with van der Waals surface area (Å²) in [6.07, 6.45) is 0. The van der Waals surface area contributed by atoms with Crippen molar-refractivity contribution in [3.8, 4) is 0 Å². The Hall–Kier alpha value is -1.39. The summed E-state index contributed by atoms with van der Waals surface area (Å²) in [7, 11) is 0. The largest absolute Gasteiger partial charge is 0.275 e. The Bertz CT molecular complexity index is 510. The van der Waals surface area contributed by atoms with E-state index in [1.165, 1.54) is 4.68 Å². The molecule has 82 valence electrons. The van der Waals surface area contributed by atoms with Gasteiger partial charge in [0.25, 0.3) is 5.24 Å². The van der Waals surface area contributed by atoms with E-state index in [0.29, 0.717) is 6.54 Å². The molecule has 0 saturated heterocycles. The van der Waals surface area contributed by atoms with Crippen molar-refractivity contribution in [2.24, 2.45) is 0 Å². The third kappa shape index (κ3) is 2.23. The van der Waals surface area contributed by atoms with E-state index in [2.05, 4.69) is 10.3 Å². The van der Waals surface area contributed by atoms with Crippen LogP contribution in [0.5, 0.6) is 0 Å². The number of carbonyl (C=O) groups excluding carboxylic acids is 1. The zero-order valence-electron chi connectivity index (χ0n) is 8.10. The molecule has 1 aromatic carbocycles. The third-order valence-corrected chi connectivity index (χ3v) is 2.59. The SMILES string of the molecule is O=C(Cl)c1nnn(Cc2ccccc2)c1Cl. The fourth-order valence-corrected chi connectivity index (χ4v) is 1.67. The van der Waals surface area contributed by atoms with Crippen molar-refractivity contribution in [2.45, 2.75) is 6.54 Å². The predicted octanol–water partition coefficient (Wildman–Crippen LogP) is 2.36. The summed E-state index contributed by atoms with van der Waals surface area (Å²) in [5, 5.41) is 6.82. The number of halogens is 2. The van der Waals surface area contributed by atoms with Gasteiger partial charge in [-0.05, 0) is 17.2 Å². The van der Waals surface area contributed by atoms with Crippen LogP contribution in [0.15, 0.2) is 30.3 Å². The third-order valence-electron chi connectivity index (χ3n) is 2.04. The first-order valence-electron chi connectivity index (χ1n) is 4.51. The van der Waals surface area contributed by atoms with Crippen molar-refractivity contribution in [3.05, 3.63) is 46.7 Å². The van der Waals surface area contributed by atoms with Gasteiger partial charge in [-0.15, -0.1) is 5.10 Å². The molecule has 0 aliphatic heterocycles. The van der Waals surface area contributed by atoms with Crippen LogP contribution in [0.3, 0.4) is 0 Å². The standard InChI is InChI=1S/C10H7Cl2N3O/c11-9-8(10(12)16)13-14-15(9)6-7-4-2-1-3-5-7/h1-5H,6H2. The van der Waals surface area contributed by atoms with Crippen LogP contribution < -0.4 is 0 Å². The first-order chi connectivity index (χ1) is 7.68. The zero-order chi connectivity index (χ0) is 11.5. The van der Waals surface area contributed by atoms with Gasteiger partial charge in [-0.25, -0.2) is 4.68 Å². The zero-order valence-corrected chi connectivity index (χ0v) is 9.61. The van der Waals surface area contributed by atoms with E-state index in [9.17, 15) is 4.79 Å². The van der Waals surface area contributed by atoms with Gasteiger partial charge < -0.3 is 0 Å². The maximum absolute atomic E-state index is 10.9. The van der Waals surface area contributed by atoms with E-state index in [0.717, 1.165) is 5.56 Å². The van der Waals surface area contributed by atoms with Crippen LogP contribution in [0.25, 0.3) is 0 Å². The second-order valence-electron chi connectivity index (χ2n) is 3.15.